The van der Waals surface area contributed by atoms with Crippen molar-refractivity contribution in [3.8, 4) is 12.3 Å². The van der Waals surface area contributed by atoms with E-state index in [1.54, 1.807) is 17.8 Å². The molecule has 0 heterocycles. The summed E-state index contributed by atoms with van der Waals surface area (Å²) in [6.07, 6.45) is 8.50. The van der Waals surface area contributed by atoms with E-state index < -0.39 is 0 Å². The first-order valence-electron chi connectivity index (χ1n) is 1.55. The van der Waals surface area contributed by atoms with Gasteiger partial charge in [-0.15, -0.1) is 18.2 Å². The zero-order chi connectivity index (χ0) is 4.83. The van der Waals surface area contributed by atoms with Crippen molar-refractivity contribution < 1.29 is 0 Å². The maximum absolute atomic E-state index is 4.86. The van der Waals surface area contributed by atoms with Gasteiger partial charge < -0.3 is 0 Å². The van der Waals surface area contributed by atoms with Gasteiger partial charge >= 0.3 is 0 Å². The van der Waals surface area contributed by atoms with E-state index in [0.29, 0.717) is 0 Å². The summed E-state index contributed by atoms with van der Waals surface area (Å²) in [5, 5.41) is 1.86. The molecule has 0 atom stereocenters. The van der Waals surface area contributed by atoms with Gasteiger partial charge in [0, 0.05) is 0 Å². The predicted molar refractivity (Wildman–Crippen MR) is 31.5 cm³/mol. The zero-order valence-electron chi connectivity index (χ0n) is 3.64. The van der Waals surface area contributed by atoms with Crippen LogP contribution in [0.2, 0.25) is 0 Å². The summed E-state index contributed by atoms with van der Waals surface area (Å²) >= 11 is 1.60. The largest absolute Gasteiger partial charge is 0.137 e. The molecule has 0 fully saturated rings. The van der Waals surface area contributed by atoms with Gasteiger partial charge in [0.25, 0.3) is 0 Å². The van der Waals surface area contributed by atoms with Crippen molar-refractivity contribution in [2.75, 3.05) is 6.26 Å². The number of thioether (sulfide) groups is 1. The number of hydrogen-bond donors (Lipinski definition) is 0. The maximum atomic E-state index is 4.86. The highest BCUT2D eigenvalue weighted by molar-refractivity contribution is 8.01. The van der Waals surface area contributed by atoms with Crippen LogP contribution >= 0.6 is 11.8 Å². The molecule has 0 aromatic heterocycles. The topological polar surface area (TPSA) is 0 Å². The lowest BCUT2D eigenvalue weighted by molar-refractivity contribution is 2.27. The molecule has 0 saturated heterocycles. The number of rotatable bonds is 1. The molecular formula is C5H6S. The molecule has 0 aromatic carbocycles. The summed E-state index contributed by atoms with van der Waals surface area (Å²) < 4.78 is 0. The number of allylic oxidation sites excluding steroid dienone is 1. The Morgan fingerprint density at radius 1 is 1.83 bits per heavy atom. The fraction of sp³-hybridized carbons (Fsp3) is 0.200. The fourth-order valence-corrected chi connectivity index (χ4v) is 0.322. The molecule has 6 heavy (non-hydrogen) atoms. The van der Waals surface area contributed by atoms with Crippen LogP contribution in [-0.4, -0.2) is 6.26 Å². The van der Waals surface area contributed by atoms with Crippen LogP contribution in [0.15, 0.2) is 11.5 Å². The van der Waals surface area contributed by atoms with Gasteiger partial charge in [0.05, 0.1) is 0 Å². The normalized spacial score (nSPS) is 8.67. The lowest BCUT2D eigenvalue weighted by atomic mass is 10.7. The minimum Gasteiger partial charge on any atom is -0.137 e. The van der Waals surface area contributed by atoms with Gasteiger partial charge in [0.2, 0.25) is 0 Å². The molecule has 0 rings (SSSR count). The molecule has 0 radical (unpaired) electrons. The van der Waals surface area contributed by atoms with E-state index in [2.05, 4.69) is 5.92 Å². The molecule has 0 bridgehead atoms. The molecule has 0 amide bonds. The second kappa shape index (κ2) is 4.65. The first-order chi connectivity index (χ1) is 2.91. The standard InChI is InChI=1S/C5H6S/c1-3-4-5-6-2/h1,4-5H,2H3. The van der Waals surface area contributed by atoms with Crippen molar-refractivity contribution >= 4 is 11.8 Å². The van der Waals surface area contributed by atoms with E-state index in [-0.39, 0.29) is 0 Å². The summed E-state index contributed by atoms with van der Waals surface area (Å²) in [6.45, 7) is 0. The second-order valence-corrected chi connectivity index (χ2v) is 1.45. The van der Waals surface area contributed by atoms with E-state index >= 15 is 0 Å². The molecule has 0 aromatic rings. The van der Waals surface area contributed by atoms with Crippen molar-refractivity contribution in [2.45, 2.75) is 0 Å². The lowest BCUT2D eigenvalue weighted by Crippen LogP contribution is -1.40. The summed E-state index contributed by atoms with van der Waals surface area (Å²) in [6, 6.07) is 0. The highest BCUT2D eigenvalue weighted by atomic mass is 32.2. The SMILES string of the molecule is C#CC=CSC. The van der Waals surface area contributed by atoms with Crippen LogP contribution in [0.5, 0.6) is 0 Å². The maximum Gasteiger partial charge on any atom is -0.00586 e. The average molecular weight is 98.2 g/mol. The molecule has 0 unspecified atom stereocenters. The number of terminal acetylenes is 1. The summed E-state index contributed by atoms with van der Waals surface area (Å²) in [4.78, 5) is 0. The Kier molecular flexibility index (Phi) is 4.38. The third kappa shape index (κ3) is 3.65. The molecule has 0 aliphatic rings. The summed E-state index contributed by atoms with van der Waals surface area (Å²) in [5.41, 5.74) is 0. The van der Waals surface area contributed by atoms with Gasteiger partial charge in [0.15, 0.2) is 0 Å². The molecule has 0 N–H and O–H groups in total. The van der Waals surface area contributed by atoms with E-state index in [1.165, 1.54) is 0 Å². The molecule has 0 aliphatic heterocycles. The zero-order valence-corrected chi connectivity index (χ0v) is 4.46. The number of hydrogen-bond acceptors (Lipinski definition) is 1. The molecule has 32 valence electrons. The molecule has 0 nitrogen and oxygen atoms in total. The van der Waals surface area contributed by atoms with Crippen LogP contribution in [0.4, 0.5) is 0 Å². The van der Waals surface area contributed by atoms with Crippen LogP contribution in [-0.2, 0) is 0 Å². The fourth-order valence-electron chi connectivity index (χ4n) is 0.107. The Labute approximate surface area is 42.6 Å². The highest BCUT2D eigenvalue weighted by Crippen LogP contribution is 1.89. The van der Waals surface area contributed by atoms with E-state index in [0.717, 1.165) is 0 Å². The van der Waals surface area contributed by atoms with Crippen molar-refractivity contribution in [1.82, 2.24) is 0 Å². The van der Waals surface area contributed by atoms with Crippen molar-refractivity contribution in [1.29, 1.82) is 0 Å². The van der Waals surface area contributed by atoms with Crippen molar-refractivity contribution in [2.24, 2.45) is 0 Å². The Morgan fingerprint density at radius 2 is 2.50 bits per heavy atom. The minimum atomic E-state index is 1.60. The van der Waals surface area contributed by atoms with Crippen LogP contribution < -0.4 is 0 Å². The predicted octanol–water partition coefficient (Wildman–Crippen LogP) is 1.50. The Balaban J connectivity index is 3.02. The second-order valence-electron chi connectivity index (χ2n) is 0.705. The Bertz CT molecular complexity index is 76.4. The summed E-state index contributed by atoms with van der Waals surface area (Å²) in [7, 11) is 0. The first kappa shape index (κ1) is 5.65. The van der Waals surface area contributed by atoms with Crippen LogP contribution in [0.25, 0.3) is 0 Å². The third-order valence-corrected chi connectivity index (χ3v) is 0.709. The van der Waals surface area contributed by atoms with Gasteiger partial charge in [0.1, 0.15) is 0 Å². The molecular weight excluding hydrogens is 92.1 g/mol. The average Bonchev–Trinajstić information content (AvgIpc) is 1.61. The molecule has 0 spiro atoms. The Hall–Kier alpha value is -0.350. The quantitative estimate of drug-likeness (QED) is 0.448. The monoisotopic (exact) mass is 98.0 g/mol. The van der Waals surface area contributed by atoms with E-state index in [9.17, 15) is 0 Å². The van der Waals surface area contributed by atoms with Gasteiger partial charge in [-0.25, -0.2) is 0 Å². The van der Waals surface area contributed by atoms with Gasteiger partial charge in [-0.3, -0.25) is 0 Å². The lowest BCUT2D eigenvalue weighted by Gasteiger charge is -1.66. The van der Waals surface area contributed by atoms with Crippen LogP contribution in [0.1, 0.15) is 0 Å². The van der Waals surface area contributed by atoms with Crippen molar-refractivity contribution in [3.63, 3.8) is 0 Å². The molecule has 0 saturated carbocycles. The summed E-state index contributed by atoms with van der Waals surface area (Å²) in [5.74, 6) is 2.37. The minimum absolute atomic E-state index is 1.60. The van der Waals surface area contributed by atoms with E-state index in [1.807, 2.05) is 11.7 Å². The Morgan fingerprint density at radius 3 is 2.67 bits per heavy atom. The van der Waals surface area contributed by atoms with Crippen molar-refractivity contribution in [3.05, 3.63) is 11.5 Å². The molecule has 0 aliphatic carbocycles. The first-order valence-corrected chi connectivity index (χ1v) is 2.84. The smallest absolute Gasteiger partial charge is 0.00586 e. The van der Waals surface area contributed by atoms with Gasteiger partial charge in [-0.05, 0) is 17.7 Å². The van der Waals surface area contributed by atoms with Crippen LogP contribution in [0, 0.1) is 12.3 Å². The highest BCUT2D eigenvalue weighted by Gasteiger charge is 1.54. The van der Waals surface area contributed by atoms with E-state index in [4.69, 9.17) is 6.42 Å². The van der Waals surface area contributed by atoms with Crippen LogP contribution in [0.3, 0.4) is 0 Å². The van der Waals surface area contributed by atoms with Gasteiger partial charge in [-0.1, -0.05) is 5.92 Å². The van der Waals surface area contributed by atoms with Gasteiger partial charge in [-0.2, -0.15) is 0 Å². The third-order valence-electron chi connectivity index (χ3n) is 0.300. The molecule has 1 heteroatoms.